The van der Waals surface area contributed by atoms with E-state index in [1.165, 1.54) is 90.6 Å². The summed E-state index contributed by atoms with van der Waals surface area (Å²) in [5.41, 5.74) is 10.8. The van der Waals surface area contributed by atoms with Gasteiger partial charge in [0.25, 0.3) is 0 Å². The Bertz CT molecular complexity index is 177. The number of likely N-dealkylation sites (tertiary alicyclic amines) is 2. The molecule has 0 aliphatic carbocycles. The van der Waals surface area contributed by atoms with E-state index in [1.807, 2.05) is 0 Å². The Hall–Kier alpha value is -0.160. The highest BCUT2D eigenvalue weighted by Crippen LogP contribution is 2.08. The molecule has 0 bridgehead atoms. The highest BCUT2D eigenvalue weighted by atomic mass is 15.1. The van der Waals surface area contributed by atoms with Crippen LogP contribution in [0.4, 0.5) is 0 Å². The first-order chi connectivity index (χ1) is 9.86. The lowest BCUT2D eigenvalue weighted by molar-refractivity contribution is 0.227. The van der Waals surface area contributed by atoms with E-state index in [0.717, 1.165) is 13.1 Å². The molecule has 0 atom stereocenters. The van der Waals surface area contributed by atoms with Crippen LogP contribution in [0, 0.1) is 0 Å². The summed E-state index contributed by atoms with van der Waals surface area (Å²) in [6.45, 7) is 9.35. The second-order valence-corrected chi connectivity index (χ2v) is 6.09. The zero-order chi connectivity index (χ0) is 14.5. The molecule has 0 aromatic heterocycles. The van der Waals surface area contributed by atoms with Crippen LogP contribution in [0.5, 0.6) is 0 Å². The molecule has 2 rings (SSSR count). The smallest absolute Gasteiger partial charge is 0.000672 e. The first-order valence-corrected chi connectivity index (χ1v) is 8.71. The van der Waals surface area contributed by atoms with E-state index < -0.39 is 0 Å². The van der Waals surface area contributed by atoms with Crippen molar-refractivity contribution >= 4 is 0 Å². The van der Waals surface area contributed by atoms with E-state index in [4.69, 9.17) is 11.5 Å². The molecule has 0 unspecified atom stereocenters. The van der Waals surface area contributed by atoms with Crippen molar-refractivity contribution in [1.82, 2.24) is 9.80 Å². The summed E-state index contributed by atoms with van der Waals surface area (Å²) in [5.74, 6) is 0. The largest absolute Gasteiger partial charge is 0.330 e. The Balaban J connectivity index is 0.000000200. The maximum absolute atomic E-state index is 5.42. The highest BCUT2D eigenvalue weighted by molar-refractivity contribution is 4.64. The Morgan fingerprint density at radius 3 is 1.20 bits per heavy atom. The molecule has 2 aliphatic rings. The number of rotatable bonds is 6. The van der Waals surface area contributed by atoms with Gasteiger partial charge in [0.2, 0.25) is 0 Å². The third kappa shape index (κ3) is 8.90. The number of hydrogen-bond donors (Lipinski definition) is 2. The molecule has 0 spiro atoms. The fraction of sp³-hybridized carbons (Fsp3) is 1.00. The van der Waals surface area contributed by atoms with Crippen molar-refractivity contribution in [2.24, 2.45) is 11.5 Å². The van der Waals surface area contributed by atoms with Gasteiger partial charge in [-0.2, -0.15) is 0 Å². The standard InChI is InChI=1S/2C8H18N2/c2*9-5-4-8-10-6-2-1-3-7-10/h2*1-9H2. The molecule has 2 aliphatic heterocycles. The van der Waals surface area contributed by atoms with Crippen LogP contribution in [0.3, 0.4) is 0 Å². The predicted octanol–water partition coefficient (Wildman–Crippen LogP) is 1.64. The third-order valence-electron chi connectivity index (χ3n) is 4.25. The van der Waals surface area contributed by atoms with Crippen LogP contribution in [-0.4, -0.2) is 62.2 Å². The quantitative estimate of drug-likeness (QED) is 0.778. The lowest BCUT2D eigenvalue weighted by Crippen LogP contribution is -2.31. The lowest BCUT2D eigenvalue weighted by atomic mass is 10.1. The van der Waals surface area contributed by atoms with Gasteiger partial charge in [0.1, 0.15) is 0 Å². The van der Waals surface area contributed by atoms with Crippen molar-refractivity contribution in [1.29, 1.82) is 0 Å². The summed E-state index contributed by atoms with van der Waals surface area (Å²) in [5, 5.41) is 0. The molecular formula is C16H36N4. The molecular weight excluding hydrogens is 248 g/mol. The van der Waals surface area contributed by atoms with Gasteiger partial charge in [-0.25, -0.2) is 0 Å². The molecule has 120 valence electrons. The van der Waals surface area contributed by atoms with Gasteiger partial charge in [-0.3, -0.25) is 0 Å². The summed E-state index contributed by atoms with van der Waals surface area (Å²) in [6.07, 6.45) is 10.8. The molecule has 2 saturated heterocycles. The number of hydrogen-bond acceptors (Lipinski definition) is 4. The molecule has 0 saturated carbocycles. The van der Waals surface area contributed by atoms with Gasteiger partial charge < -0.3 is 21.3 Å². The van der Waals surface area contributed by atoms with E-state index in [1.54, 1.807) is 0 Å². The van der Waals surface area contributed by atoms with Crippen LogP contribution in [0.2, 0.25) is 0 Å². The van der Waals surface area contributed by atoms with Crippen LogP contribution in [-0.2, 0) is 0 Å². The normalized spacial score (nSPS) is 21.3. The fourth-order valence-electron chi connectivity index (χ4n) is 3.00. The van der Waals surface area contributed by atoms with Crippen LogP contribution < -0.4 is 11.5 Å². The van der Waals surface area contributed by atoms with Crippen LogP contribution in [0.1, 0.15) is 51.4 Å². The van der Waals surface area contributed by atoms with Gasteiger partial charge >= 0.3 is 0 Å². The molecule has 4 N–H and O–H groups in total. The zero-order valence-corrected chi connectivity index (χ0v) is 13.4. The molecule has 0 radical (unpaired) electrons. The van der Waals surface area contributed by atoms with E-state index in [0.29, 0.717) is 0 Å². The SMILES string of the molecule is NCCCN1CCCCC1.NCCCN1CCCCC1. The molecule has 0 aromatic rings. The van der Waals surface area contributed by atoms with E-state index in [2.05, 4.69) is 9.80 Å². The maximum Gasteiger partial charge on any atom is -0.000672 e. The lowest BCUT2D eigenvalue weighted by Gasteiger charge is -2.25. The molecule has 20 heavy (non-hydrogen) atoms. The molecule has 0 aromatic carbocycles. The van der Waals surface area contributed by atoms with E-state index in [-0.39, 0.29) is 0 Å². The van der Waals surface area contributed by atoms with Crippen molar-refractivity contribution in [3.8, 4) is 0 Å². The first-order valence-electron chi connectivity index (χ1n) is 8.71. The molecule has 2 heterocycles. The van der Waals surface area contributed by atoms with Gasteiger partial charge in [-0.1, -0.05) is 12.8 Å². The van der Waals surface area contributed by atoms with Crippen molar-refractivity contribution in [2.45, 2.75) is 51.4 Å². The molecule has 4 heteroatoms. The highest BCUT2D eigenvalue weighted by Gasteiger charge is 2.08. The van der Waals surface area contributed by atoms with Crippen molar-refractivity contribution in [2.75, 3.05) is 52.4 Å². The van der Waals surface area contributed by atoms with E-state index >= 15 is 0 Å². The predicted molar refractivity (Wildman–Crippen MR) is 87.9 cm³/mol. The van der Waals surface area contributed by atoms with Crippen LogP contribution >= 0.6 is 0 Å². The summed E-state index contributed by atoms with van der Waals surface area (Å²) in [4.78, 5) is 5.05. The van der Waals surface area contributed by atoms with Gasteiger partial charge in [0.15, 0.2) is 0 Å². The van der Waals surface area contributed by atoms with Crippen LogP contribution in [0.15, 0.2) is 0 Å². The third-order valence-corrected chi connectivity index (χ3v) is 4.25. The second-order valence-electron chi connectivity index (χ2n) is 6.09. The van der Waals surface area contributed by atoms with Crippen molar-refractivity contribution < 1.29 is 0 Å². The van der Waals surface area contributed by atoms with Crippen molar-refractivity contribution in [3.63, 3.8) is 0 Å². The van der Waals surface area contributed by atoms with Gasteiger partial charge in [0.05, 0.1) is 0 Å². The zero-order valence-electron chi connectivity index (χ0n) is 13.4. The Morgan fingerprint density at radius 1 is 0.550 bits per heavy atom. The topological polar surface area (TPSA) is 58.5 Å². The first kappa shape index (κ1) is 17.9. The van der Waals surface area contributed by atoms with Gasteiger partial charge in [-0.15, -0.1) is 0 Å². The van der Waals surface area contributed by atoms with Crippen molar-refractivity contribution in [3.05, 3.63) is 0 Å². The van der Waals surface area contributed by atoms with Crippen LogP contribution in [0.25, 0.3) is 0 Å². The summed E-state index contributed by atoms with van der Waals surface area (Å²) >= 11 is 0. The monoisotopic (exact) mass is 284 g/mol. The van der Waals surface area contributed by atoms with E-state index in [9.17, 15) is 0 Å². The number of nitrogens with two attached hydrogens (primary N) is 2. The minimum Gasteiger partial charge on any atom is -0.330 e. The molecule has 2 fully saturated rings. The number of piperidine rings is 2. The summed E-state index contributed by atoms with van der Waals surface area (Å²) in [6, 6.07) is 0. The average molecular weight is 284 g/mol. The Kier molecular flexibility index (Phi) is 11.2. The number of nitrogens with zero attached hydrogens (tertiary/aromatic N) is 2. The molecule has 0 amide bonds. The minimum absolute atomic E-state index is 0.844. The second kappa shape index (κ2) is 12.6. The summed E-state index contributed by atoms with van der Waals surface area (Å²) < 4.78 is 0. The Labute approximate surface area is 125 Å². The maximum atomic E-state index is 5.42. The fourth-order valence-corrected chi connectivity index (χ4v) is 3.00. The average Bonchev–Trinajstić information content (AvgIpc) is 2.53. The minimum atomic E-state index is 0.844. The van der Waals surface area contributed by atoms with Gasteiger partial charge in [-0.05, 0) is 90.9 Å². The van der Waals surface area contributed by atoms with Gasteiger partial charge in [0, 0.05) is 0 Å². The summed E-state index contributed by atoms with van der Waals surface area (Å²) in [7, 11) is 0. The Morgan fingerprint density at radius 2 is 0.900 bits per heavy atom. The molecule has 4 nitrogen and oxygen atoms in total.